The monoisotopic (exact) mass is 380 g/mol. The molecule has 26 heavy (non-hydrogen) atoms. The number of halogens is 1. The quantitative estimate of drug-likeness (QED) is 0.615. The molecule has 0 saturated carbocycles. The number of nitrogens with zero attached hydrogens (tertiary/aromatic N) is 2. The molecule has 0 bridgehead atoms. The van der Waals surface area contributed by atoms with Crippen LogP contribution in [0.3, 0.4) is 0 Å². The van der Waals surface area contributed by atoms with Crippen molar-refractivity contribution in [1.82, 2.24) is 4.31 Å². The van der Waals surface area contributed by atoms with Gasteiger partial charge in [0.2, 0.25) is 10.0 Å². The number of benzene rings is 2. The third kappa shape index (κ3) is 3.74. The highest BCUT2D eigenvalue weighted by Gasteiger charge is 2.32. The van der Waals surface area contributed by atoms with E-state index in [1.165, 1.54) is 28.6 Å². The van der Waals surface area contributed by atoms with Crippen LogP contribution in [-0.4, -0.2) is 43.8 Å². The molecule has 1 saturated heterocycles. The van der Waals surface area contributed by atoms with Gasteiger partial charge in [0.05, 0.1) is 36.7 Å². The SMILES string of the molecule is O=[N+]([O-])c1ccccc1C[NH+]1CCN(S(=O)(=O)c2ccccc2F)CC1. The van der Waals surface area contributed by atoms with Gasteiger partial charge in [0.25, 0.3) is 5.69 Å². The van der Waals surface area contributed by atoms with Crippen molar-refractivity contribution in [3.05, 3.63) is 70.0 Å². The third-order valence-corrected chi connectivity index (χ3v) is 6.44. The van der Waals surface area contributed by atoms with E-state index in [4.69, 9.17) is 0 Å². The summed E-state index contributed by atoms with van der Waals surface area (Å²) in [5.74, 6) is -0.762. The van der Waals surface area contributed by atoms with Crippen LogP contribution in [0.2, 0.25) is 0 Å². The summed E-state index contributed by atoms with van der Waals surface area (Å²) in [4.78, 5) is 11.4. The van der Waals surface area contributed by atoms with Gasteiger partial charge < -0.3 is 4.90 Å². The lowest BCUT2D eigenvalue weighted by molar-refractivity contribution is -0.917. The Kier molecular flexibility index (Phi) is 5.30. The number of para-hydroxylation sites is 1. The van der Waals surface area contributed by atoms with Crippen molar-refractivity contribution in [2.24, 2.45) is 0 Å². The molecular formula is C17H19FN3O4S+. The average Bonchev–Trinajstić information content (AvgIpc) is 2.62. The second-order valence-corrected chi connectivity index (χ2v) is 8.05. The smallest absolute Gasteiger partial charge is 0.278 e. The summed E-state index contributed by atoms with van der Waals surface area (Å²) < 4.78 is 40.3. The van der Waals surface area contributed by atoms with Crippen LogP contribution in [0.25, 0.3) is 0 Å². The van der Waals surface area contributed by atoms with Crippen LogP contribution in [0.4, 0.5) is 10.1 Å². The highest BCUT2D eigenvalue weighted by atomic mass is 32.2. The number of piperazine rings is 1. The topological polar surface area (TPSA) is 85.0 Å². The minimum absolute atomic E-state index is 0.0707. The molecule has 0 unspecified atom stereocenters. The molecule has 9 heteroatoms. The van der Waals surface area contributed by atoms with Gasteiger partial charge in [0.1, 0.15) is 17.3 Å². The Bertz CT molecular complexity index is 912. The molecule has 2 aromatic rings. The molecule has 138 valence electrons. The highest BCUT2D eigenvalue weighted by Crippen LogP contribution is 2.19. The molecule has 0 spiro atoms. The van der Waals surface area contributed by atoms with Gasteiger partial charge in [-0.15, -0.1) is 0 Å². The van der Waals surface area contributed by atoms with Crippen LogP contribution in [0, 0.1) is 15.9 Å². The number of rotatable bonds is 5. The fourth-order valence-corrected chi connectivity index (χ4v) is 4.63. The zero-order valence-corrected chi connectivity index (χ0v) is 14.8. The molecule has 0 aliphatic carbocycles. The molecule has 0 atom stereocenters. The van der Waals surface area contributed by atoms with Crippen LogP contribution in [0.1, 0.15) is 5.56 Å². The van der Waals surface area contributed by atoms with Crippen molar-refractivity contribution in [2.45, 2.75) is 11.4 Å². The Morgan fingerprint density at radius 1 is 1.08 bits per heavy atom. The molecule has 1 heterocycles. The standard InChI is InChI=1S/C17H18FN3O4S/c18-15-6-2-4-8-17(15)26(24,25)20-11-9-19(10-12-20)13-14-5-1-3-7-16(14)21(22)23/h1-8H,9-13H2/p+1. The Hall–Kier alpha value is -2.36. The number of nitrogens with one attached hydrogen (secondary N) is 1. The summed E-state index contributed by atoms with van der Waals surface area (Å²) in [6, 6.07) is 11.9. The maximum absolute atomic E-state index is 13.8. The lowest BCUT2D eigenvalue weighted by atomic mass is 10.1. The molecule has 7 nitrogen and oxygen atoms in total. The summed E-state index contributed by atoms with van der Waals surface area (Å²) in [7, 11) is -3.87. The van der Waals surface area contributed by atoms with Gasteiger partial charge in [-0.1, -0.05) is 24.3 Å². The predicted molar refractivity (Wildman–Crippen MR) is 92.7 cm³/mol. The lowest BCUT2D eigenvalue weighted by Crippen LogP contribution is -3.13. The average molecular weight is 380 g/mol. The van der Waals surface area contributed by atoms with E-state index in [1.807, 2.05) is 0 Å². The molecule has 3 rings (SSSR count). The van der Waals surface area contributed by atoms with E-state index >= 15 is 0 Å². The van der Waals surface area contributed by atoms with Gasteiger partial charge in [0, 0.05) is 6.07 Å². The maximum Gasteiger partial charge on any atom is 0.278 e. The van der Waals surface area contributed by atoms with E-state index in [0.29, 0.717) is 25.2 Å². The Morgan fingerprint density at radius 3 is 2.35 bits per heavy atom. The summed E-state index contributed by atoms with van der Waals surface area (Å²) in [6.07, 6.45) is 0. The Labute approximate surface area is 150 Å². The van der Waals surface area contributed by atoms with E-state index in [2.05, 4.69) is 0 Å². The fourth-order valence-electron chi connectivity index (χ4n) is 3.12. The van der Waals surface area contributed by atoms with Gasteiger partial charge in [-0.3, -0.25) is 10.1 Å². The van der Waals surface area contributed by atoms with Gasteiger partial charge >= 0.3 is 0 Å². The van der Waals surface area contributed by atoms with Gasteiger partial charge in [-0.2, -0.15) is 4.31 Å². The normalized spacial score (nSPS) is 16.5. The lowest BCUT2D eigenvalue weighted by Gasteiger charge is -2.31. The maximum atomic E-state index is 13.8. The van der Waals surface area contributed by atoms with Crippen LogP contribution in [-0.2, 0) is 16.6 Å². The van der Waals surface area contributed by atoms with Crippen molar-refractivity contribution in [2.75, 3.05) is 26.2 Å². The first-order valence-corrected chi connectivity index (χ1v) is 9.64. The van der Waals surface area contributed by atoms with Crippen LogP contribution in [0.15, 0.2) is 53.4 Å². The van der Waals surface area contributed by atoms with Crippen LogP contribution >= 0.6 is 0 Å². The summed E-state index contributed by atoms with van der Waals surface area (Å²) in [6.45, 7) is 1.93. The first-order chi connectivity index (χ1) is 12.4. The van der Waals surface area contributed by atoms with E-state index in [9.17, 15) is 22.9 Å². The Balaban J connectivity index is 1.69. The van der Waals surface area contributed by atoms with Crippen molar-refractivity contribution < 1.29 is 22.6 Å². The molecule has 0 radical (unpaired) electrons. The first-order valence-electron chi connectivity index (χ1n) is 8.20. The second-order valence-electron chi connectivity index (χ2n) is 6.15. The van der Waals surface area contributed by atoms with Gasteiger partial charge in [-0.25, -0.2) is 12.8 Å². The molecule has 0 aromatic heterocycles. The first kappa shape index (κ1) is 18.4. The number of sulfonamides is 1. The van der Waals surface area contributed by atoms with Crippen LogP contribution < -0.4 is 4.90 Å². The molecule has 1 fully saturated rings. The number of nitro groups is 1. The summed E-state index contributed by atoms with van der Waals surface area (Å²) in [5.41, 5.74) is 0.694. The molecule has 0 amide bonds. The molecule has 1 N–H and O–H groups in total. The number of nitro benzene ring substituents is 1. The van der Waals surface area contributed by atoms with Crippen molar-refractivity contribution in [1.29, 1.82) is 0 Å². The van der Waals surface area contributed by atoms with Crippen LogP contribution in [0.5, 0.6) is 0 Å². The molecule has 1 aliphatic rings. The molecular weight excluding hydrogens is 361 g/mol. The zero-order valence-electron chi connectivity index (χ0n) is 14.0. The Morgan fingerprint density at radius 2 is 1.69 bits per heavy atom. The summed E-state index contributed by atoms with van der Waals surface area (Å²) >= 11 is 0. The molecule has 2 aromatic carbocycles. The molecule has 1 aliphatic heterocycles. The minimum Gasteiger partial charge on any atom is -0.329 e. The largest absolute Gasteiger partial charge is 0.329 e. The van der Waals surface area contributed by atoms with Gasteiger partial charge in [0.15, 0.2) is 0 Å². The predicted octanol–water partition coefficient (Wildman–Crippen LogP) is 0.823. The third-order valence-electron chi connectivity index (χ3n) is 4.51. The van der Waals surface area contributed by atoms with E-state index in [0.717, 1.165) is 11.0 Å². The van der Waals surface area contributed by atoms with Crippen molar-refractivity contribution in [3.63, 3.8) is 0 Å². The van der Waals surface area contributed by atoms with Gasteiger partial charge in [-0.05, 0) is 18.2 Å². The van der Waals surface area contributed by atoms with E-state index in [1.54, 1.807) is 18.2 Å². The second kappa shape index (κ2) is 7.48. The van der Waals surface area contributed by atoms with E-state index < -0.39 is 20.8 Å². The number of quaternary nitrogens is 1. The highest BCUT2D eigenvalue weighted by molar-refractivity contribution is 7.89. The summed E-state index contributed by atoms with van der Waals surface area (Å²) in [5, 5.41) is 11.1. The zero-order chi connectivity index (χ0) is 18.7. The number of hydrogen-bond donors (Lipinski definition) is 1. The minimum atomic E-state index is -3.87. The number of hydrogen-bond acceptors (Lipinski definition) is 4. The fraction of sp³-hybridized carbons (Fsp3) is 0.294. The van der Waals surface area contributed by atoms with Crippen molar-refractivity contribution in [3.8, 4) is 0 Å². The van der Waals surface area contributed by atoms with Crippen molar-refractivity contribution >= 4 is 15.7 Å². The van der Waals surface area contributed by atoms with E-state index in [-0.39, 0.29) is 23.7 Å².